The van der Waals surface area contributed by atoms with Crippen LogP contribution in [0.15, 0.2) is 48.5 Å². The van der Waals surface area contributed by atoms with E-state index in [1.165, 1.54) is 0 Å². The number of hydrogen-bond donors (Lipinski definition) is 1. The predicted octanol–water partition coefficient (Wildman–Crippen LogP) is 2.98. The molecule has 0 bridgehead atoms. The maximum Gasteiger partial charge on any atom is 0.251 e. The molecule has 0 saturated carbocycles. The third-order valence-corrected chi connectivity index (χ3v) is 3.15. The molecule has 0 unspecified atom stereocenters. The van der Waals surface area contributed by atoms with E-state index in [0.29, 0.717) is 12.1 Å². The third kappa shape index (κ3) is 3.85. The SMILES string of the molecule is COc1cccc(CCNC(=O)c2ccc(C)cc2)c1. The molecule has 0 atom stereocenters. The van der Waals surface area contributed by atoms with Gasteiger partial charge in [-0.3, -0.25) is 4.79 Å². The van der Waals surface area contributed by atoms with Gasteiger partial charge in [-0.05, 0) is 43.2 Å². The summed E-state index contributed by atoms with van der Waals surface area (Å²) in [5, 5.41) is 2.92. The molecule has 0 aliphatic heterocycles. The molecule has 1 N–H and O–H groups in total. The third-order valence-electron chi connectivity index (χ3n) is 3.15. The summed E-state index contributed by atoms with van der Waals surface area (Å²) in [5.41, 5.74) is 2.99. The lowest BCUT2D eigenvalue weighted by atomic mass is 10.1. The number of ether oxygens (including phenoxy) is 1. The molecule has 0 heterocycles. The minimum absolute atomic E-state index is 0.0344. The van der Waals surface area contributed by atoms with Gasteiger partial charge in [0, 0.05) is 12.1 Å². The number of hydrogen-bond acceptors (Lipinski definition) is 2. The van der Waals surface area contributed by atoms with Crippen molar-refractivity contribution in [1.82, 2.24) is 5.32 Å². The molecule has 0 radical (unpaired) electrons. The zero-order valence-electron chi connectivity index (χ0n) is 11.8. The summed E-state index contributed by atoms with van der Waals surface area (Å²) in [6.45, 7) is 2.62. The van der Waals surface area contributed by atoms with Crippen molar-refractivity contribution >= 4 is 5.91 Å². The highest BCUT2D eigenvalue weighted by molar-refractivity contribution is 5.94. The number of rotatable bonds is 5. The Morgan fingerprint density at radius 3 is 2.60 bits per heavy atom. The Bertz CT molecular complexity index is 576. The van der Waals surface area contributed by atoms with Gasteiger partial charge in [0.2, 0.25) is 0 Å². The number of amides is 1. The first kappa shape index (κ1) is 14.1. The smallest absolute Gasteiger partial charge is 0.251 e. The Morgan fingerprint density at radius 2 is 1.90 bits per heavy atom. The number of carbonyl (C=O) groups is 1. The number of nitrogens with one attached hydrogen (secondary N) is 1. The summed E-state index contributed by atoms with van der Waals surface area (Å²) in [6, 6.07) is 15.4. The summed E-state index contributed by atoms with van der Waals surface area (Å²) in [4.78, 5) is 11.9. The Labute approximate surface area is 119 Å². The lowest BCUT2D eigenvalue weighted by molar-refractivity contribution is 0.0954. The van der Waals surface area contributed by atoms with Gasteiger partial charge in [-0.1, -0.05) is 29.8 Å². The second-order valence-electron chi connectivity index (χ2n) is 4.72. The fourth-order valence-electron chi connectivity index (χ4n) is 1.96. The largest absolute Gasteiger partial charge is 0.497 e. The van der Waals surface area contributed by atoms with Gasteiger partial charge in [0.1, 0.15) is 5.75 Å². The van der Waals surface area contributed by atoms with Crippen LogP contribution in [0.2, 0.25) is 0 Å². The van der Waals surface area contributed by atoms with Crippen molar-refractivity contribution in [2.24, 2.45) is 0 Å². The van der Waals surface area contributed by atoms with E-state index in [-0.39, 0.29) is 5.91 Å². The molecule has 1 amide bonds. The van der Waals surface area contributed by atoms with Gasteiger partial charge in [0.15, 0.2) is 0 Å². The monoisotopic (exact) mass is 269 g/mol. The van der Waals surface area contributed by atoms with Crippen LogP contribution in [0.1, 0.15) is 21.5 Å². The van der Waals surface area contributed by atoms with Crippen molar-refractivity contribution in [3.8, 4) is 5.75 Å². The zero-order valence-corrected chi connectivity index (χ0v) is 11.8. The highest BCUT2D eigenvalue weighted by Gasteiger charge is 2.04. The van der Waals surface area contributed by atoms with Crippen LogP contribution < -0.4 is 10.1 Å². The molecule has 2 aromatic rings. The normalized spacial score (nSPS) is 10.1. The molecule has 104 valence electrons. The van der Waals surface area contributed by atoms with Gasteiger partial charge in [-0.2, -0.15) is 0 Å². The summed E-state index contributed by atoms with van der Waals surface area (Å²) >= 11 is 0. The maximum absolute atomic E-state index is 11.9. The average molecular weight is 269 g/mol. The van der Waals surface area contributed by atoms with Crippen LogP contribution in [0.5, 0.6) is 5.75 Å². The quantitative estimate of drug-likeness (QED) is 0.906. The lowest BCUT2D eigenvalue weighted by Crippen LogP contribution is -2.25. The Balaban J connectivity index is 1.86. The molecule has 2 rings (SSSR count). The maximum atomic E-state index is 11.9. The van der Waals surface area contributed by atoms with E-state index in [0.717, 1.165) is 23.3 Å². The van der Waals surface area contributed by atoms with Crippen molar-refractivity contribution in [3.63, 3.8) is 0 Å². The first-order valence-electron chi connectivity index (χ1n) is 6.67. The van der Waals surface area contributed by atoms with Crippen molar-refractivity contribution < 1.29 is 9.53 Å². The fourth-order valence-corrected chi connectivity index (χ4v) is 1.96. The molecule has 0 aliphatic carbocycles. The molecule has 0 fully saturated rings. The standard InChI is InChI=1S/C17H19NO2/c1-13-6-8-15(9-7-13)17(19)18-11-10-14-4-3-5-16(12-14)20-2/h3-9,12H,10-11H2,1-2H3,(H,18,19). The molecular formula is C17H19NO2. The zero-order chi connectivity index (χ0) is 14.4. The molecule has 3 nitrogen and oxygen atoms in total. The Hall–Kier alpha value is -2.29. The molecule has 0 saturated heterocycles. The van der Waals surface area contributed by atoms with Gasteiger partial charge in [-0.25, -0.2) is 0 Å². The molecular weight excluding hydrogens is 250 g/mol. The van der Waals surface area contributed by atoms with E-state index in [1.54, 1.807) is 7.11 Å². The summed E-state index contributed by atoms with van der Waals surface area (Å²) in [6.07, 6.45) is 0.787. The van der Waals surface area contributed by atoms with Crippen LogP contribution in [0.4, 0.5) is 0 Å². The van der Waals surface area contributed by atoms with Gasteiger partial charge in [-0.15, -0.1) is 0 Å². The average Bonchev–Trinajstić information content (AvgIpc) is 2.48. The van der Waals surface area contributed by atoms with Gasteiger partial charge >= 0.3 is 0 Å². The summed E-state index contributed by atoms with van der Waals surface area (Å²) in [5.74, 6) is 0.806. The lowest BCUT2D eigenvalue weighted by Gasteiger charge is -2.07. The number of carbonyl (C=O) groups excluding carboxylic acids is 1. The number of aryl methyl sites for hydroxylation is 1. The number of benzene rings is 2. The molecule has 0 aromatic heterocycles. The van der Waals surface area contributed by atoms with E-state index in [9.17, 15) is 4.79 Å². The van der Waals surface area contributed by atoms with Crippen LogP contribution >= 0.6 is 0 Å². The fraction of sp³-hybridized carbons (Fsp3) is 0.235. The minimum atomic E-state index is -0.0344. The second-order valence-corrected chi connectivity index (χ2v) is 4.72. The molecule has 0 spiro atoms. The van der Waals surface area contributed by atoms with Crippen LogP contribution in [0.3, 0.4) is 0 Å². The van der Waals surface area contributed by atoms with Gasteiger partial charge in [0.25, 0.3) is 5.91 Å². The molecule has 20 heavy (non-hydrogen) atoms. The molecule has 2 aromatic carbocycles. The van der Waals surface area contributed by atoms with E-state index >= 15 is 0 Å². The van der Waals surface area contributed by atoms with Crippen molar-refractivity contribution in [1.29, 1.82) is 0 Å². The predicted molar refractivity (Wildman–Crippen MR) is 80.2 cm³/mol. The second kappa shape index (κ2) is 6.75. The van der Waals surface area contributed by atoms with E-state index in [4.69, 9.17) is 4.74 Å². The first-order chi connectivity index (χ1) is 9.69. The van der Waals surface area contributed by atoms with Crippen LogP contribution in [0, 0.1) is 6.92 Å². The first-order valence-corrected chi connectivity index (χ1v) is 6.67. The summed E-state index contributed by atoms with van der Waals surface area (Å²) < 4.78 is 5.18. The molecule has 0 aliphatic rings. The van der Waals surface area contributed by atoms with Crippen molar-refractivity contribution in [2.75, 3.05) is 13.7 Å². The van der Waals surface area contributed by atoms with Crippen molar-refractivity contribution in [3.05, 3.63) is 65.2 Å². The molecule has 3 heteroatoms. The van der Waals surface area contributed by atoms with Gasteiger partial charge < -0.3 is 10.1 Å². The van der Waals surface area contributed by atoms with E-state index in [1.807, 2.05) is 55.5 Å². The van der Waals surface area contributed by atoms with Gasteiger partial charge in [0.05, 0.1) is 7.11 Å². The van der Waals surface area contributed by atoms with E-state index < -0.39 is 0 Å². The highest BCUT2D eigenvalue weighted by Crippen LogP contribution is 2.12. The van der Waals surface area contributed by atoms with Crippen LogP contribution in [0.25, 0.3) is 0 Å². The topological polar surface area (TPSA) is 38.3 Å². The van der Waals surface area contributed by atoms with E-state index in [2.05, 4.69) is 5.32 Å². The summed E-state index contributed by atoms with van der Waals surface area (Å²) in [7, 11) is 1.65. The number of methoxy groups -OCH3 is 1. The Kier molecular flexibility index (Phi) is 4.77. The van der Waals surface area contributed by atoms with Crippen molar-refractivity contribution in [2.45, 2.75) is 13.3 Å². The highest BCUT2D eigenvalue weighted by atomic mass is 16.5. The van der Waals surface area contributed by atoms with Crippen LogP contribution in [-0.4, -0.2) is 19.6 Å². The van der Waals surface area contributed by atoms with Crippen LogP contribution in [-0.2, 0) is 6.42 Å². The Morgan fingerprint density at radius 1 is 1.15 bits per heavy atom. The minimum Gasteiger partial charge on any atom is -0.497 e.